The van der Waals surface area contributed by atoms with E-state index in [1.807, 2.05) is 0 Å². The first kappa shape index (κ1) is 25.4. The second kappa shape index (κ2) is 9.40. The maximum Gasteiger partial charge on any atom is 0.245 e. The molecule has 190 valence electrons. The Labute approximate surface area is 198 Å². The molecule has 4 atom stereocenters. The van der Waals surface area contributed by atoms with E-state index in [0.717, 1.165) is 18.9 Å². The van der Waals surface area contributed by atoms with Gasteiger partial charge >= 0.3 is 0 Å². The Balaban J connectivity index is 1.46. The molecule has 1 aromatic carbocycles. The molecule has 3 heterocycles. The molecule has 0 saturated carbocycles. The number of rotatable bonds is 6. The van der Waals surface area contributed by atoms with Crippen molar-refractivity contribution in [3.05, 3.63) is 35.1 Å². The Hall–Kier alpha value is -1.69. The fourth-order valence-electron chi connectivity index (χ4n) is 5.57. The lowest BCUT2D eigenvalue weighted by Crippen LogP contribution is -2.60. The SMILES string of the molecule is CC(C)(C(=O)N1[C@@H]2CC[C@H]1C[C@H]([C@H](N)Cc1cc(F)c(F)cc1F)C2)S(=O)(=O)N1CCOCC1. The van der Waals surface area contributed by atoms with Gasteiger partial charge in [-0.3, -0.25) is 4.79 Å². The number of hydrogen-bond acceptors (Lipinski definition) is 5. The number of piperidine rings is 1. The summed E-state index contributed by atoms with van der Waals surface area (Å²) in [6.07, 6.45) is 2.66. The molecule has 11 heteroatoms. The van der Waals surface area contributed by atoms with Crippen LogP contribution in [0.3, 0.4) is 0 Å². The number of ether oxygens (including phenoxy) is 1. The minimum atomic E-state index is -3.88. The van der Waals surface area contributed by atoms with Crippen molar-refractivity contribution in [1.82, 2.24) is 9.21 Å². The van der Waals surface area contributed by atoms with Gasteiger partial charge in [0.1, 0.15) is 5.82 Å². The Kier molecular flexibility index (Phi) is 7.03. The monoisotopic (exact) mass is 503 g/mol. The van der Waals surface area contributed by atoms with Crippen molar-refractivity contribution in [2.75, 3.05) is 26.3 Å². The molecule has 2 bridgehead atoms. The lowest BCUT2D eigenvalue weighted by Gasteiger charge is -2.44. The van der Waals surface area contributed by atoms with E-state index in [2.05, 4.69) is 0 Å². The fourth-order valence-corrected chi connectivity index (χ4v) is 7.17. The van der Waals surface area contributed by atoms with Gasteiger partial charge in [0.25, 0.3) is 0 Å². The number of fused-ring (bicyclic) bond motifs is 2. The third kappa shape index (κ3) is 4.47. The second-order valence-electron chi connectivity index (χ2n) is 10.1. The average Bonchev–Trinajstić information content (AvgIpc) is 3.05. The highest BCUT2D eigenvalue weighted by Gasteiger charge is 2.53. The molecule has 0 spiro atoms. The van der Waals surface area contributed by atoms with Crippen LogP contribution >= 0.6 is 0 Å². The molecule has 0 aromatic heterocycles. The second-order valence-corrected chi connectivity index (χ2v) is 12.6. The van der Waals surface area contributed by atoms with E-state index in [4.69, 9.17) is 10.5 Å². The van der Waals surface area contributed by atoms with Crippen LogP contribution in [0, 0.1) is 23.4 Å². The van der Waals surface area contributed by atoms with Crippen LogP contribution in [0.5, 0.6) is 0 Å². The number of sulfonamides is 1. The van der Waals surface area contributed by atoms with Crippen molar-refractivity contribution >= 4 is 15.9 Å². The third-order valence-corrected chi connectivity index (χ3v) is 10.1. The lowest BCUT2D eigenvalue weighted by molar-refractivity contribution is -0.138. The maximum absolute atomic E-state index is 14.1. The van der Waals surface area contributed by atoms with Crippen LogP contribution in [-0.2, 0) is 26.0 Å². The molecule has 3 saturated heterocycles. The normalized spacial score (nSPS) is 27.1. The minimum absolute atomic E-state index is 0.0231. The molecule has 1 aromatic rings. The van der Waals surface area contributed by atoms with Crippen molar-refractivity contribution in [3.63, 3.8) is 0 Å². The van der Waals surface area contributed by atoms with Crippen LogP contribution < -0.4 is 5.73 Å². The van der Waals surface area contributed by atoms with Crippen LogP contribution in [0.4, 0.5) is 13.2 Å². The van der Waals surface area contributed by atoms with Gasteiger partial charge in [-0.25, -0.2) is 21.6 Å². The predicted octanol–water partition coefficient (Wildman–Crippen LogP) is 2.18. The summed E-state index contributed by atoms with van der Waals surface area (Å²) in [6, 6.07) is 0.563. The highest BCUT2D eigenvalue weighted by molar-refractivity contribution is 7.91. The van der Waals surface area contributed by atoms with Gasteiger partial charge in [0, 0.05) is 37.3 Å². The van der Waals surface area contributed by atoms with E-state index in [1.165, 1.54) is 18.2 Å². The van der Waals surface area contributed by atoms with Gasteiger partial charge in [0.2, 0.25) is 15.9 Å². The van der Waals surface area contributed by atoms with Crippen LogP contribution in [0.25, 0.3) is 0 Å². The van der Waals surface area contributed by atoms with Gasteiger partial charge in [-0.05, 0) is 63.5 Å². The first-order valence-corrected chi connectivity index (χ1v) is 13.2. The van der Waals surface area contributed by atoms with Crippen molar-refractivity contribution in [2.45, 2.75) is 68.8 Å². The van der Waals surface area contributed by atoms with Gasteiger partial charge in [-0.2, -0.15) is 4.31 Å². The molecular weight excluding hydrogens is 471 g/mol. The Morgan fingerprint density at radius 1 is 1.09 bits per heavy atom. The molecule has 1 amide bonds. The smallest absolute Gasteiger partial charge is 0.245 e. The summed E-state index contributed by atoms with van der Waals surface area (Å²) < 4.78 is 72.5. The quantitative estimate of drug-likeness (QED) is 0.601. The zero-order chi connectivity index (χ0) is 24.8. The average molecular weight is 504 g/mol. The van der Waals surface area contributed by atoms with Crippen LogP contribution in [0.2, 0.25) is 0 Å². The van der Waals surface area contributed by atoms with Gasteiger partial charge in [-0.1, -0.05) is 0 Å². The summed E-state index contributed by atoms with van der Waals surface area (Å²) in [6.45, 7) is 3.98. The summed E-state index contributed by atoms with van der Waals surface area (Å²) in [5.41, 5.74) is 6.39. The van der Waals surface area contributed by atoms with E-state index in [1.54, 1.807) is 4.90 Å². The first-order chi connectivity index (χ1) is 15.9. The number of amides is 1. The summed E-state index contributed by atoms with van der Waals surface area (Å²) >= 11 is 0. The van der Waals surface area contributed by atoms with E-state index >= 15 is 0 Å². The molecule has 3 aliphatic rings. The summed E-state index contributed by atoms with van der Waals surface area (Å²) in [4.78, 5) is 15.3. The number of morpholine rings is 1. The zero-order valence-electron chi connectivity index (χ0n) is 19.5. The van der Waals surface area contributed by atoms with Crippen LogP contribution in [0.15, 0.2) is 12.1 Å². The van der Waals surface area contributed by atoms with Crippen LogP contribution in [-0.4, -0.2) is 72.7 Å². The zero-order valence-corrected chi connectivity index (χ0v) is 20.3. The highest BCUT2D eigenvalue weighted by atomic mass is 32.2. The summed E-state index contributed by atoms with van der Waals surface area (Å²) in [5.74, 6) is -3.65. The number of nitrogens with two attached hydrogens (primary N) is 1. The van der Waals surface area contributed by atoms with Gasteiger partial charge in [0.15, 0.2) is 16.4 Å². The number of halogens is 3. The Bertz CT molecular complexity index is 1030. The van der Waals surface area contributed by atoms with Crippen molar-refractivity contribution in [3.8, 4) is 0 Å². The number of nitrogens with zero attached hydrogens (tertiary/aromatic N) is 2. The van der Waals surface area contributed by atoms with E-state index in [0.29, 0.717) is 32.1 Å². The van der Waals surface area contributed by atoms with Crippen molar-refractivity contribution < 1.29 is 31.1 Å². The number of carbonyl (C=O) groups excluding carboxylic acids is 1. The topological polar surface area (TPSA) is 92.9 Å². The standard InChI is InChI=1S/C23H32F3N3O4S/c1-23(2,34(31,32)28-5-7-33-8-6-28)22(30)29-16-3-4-17(29)10-15(9-16)21(27)12-14-11-19(25)20(26)13-18(14)24/h11,13,15-17,21H,3-10,12,27H2,1-2H3/t15-,16-,17+,21-/m1/s1. The van der Waals surface area contributed by atoms with Crippen LogP contribution in [0.1, 0.15) is 45.1 Å². The molecule has 0 radical (unpaired) electrons. The number of benzene rings is 1. The largest absolute Gasteiger partial charge is 0.379 e. The number of hydrogen-bond donors (Lipinski definition) is 1. The molecule has 7 nitrogen and oxygen atoms in total. The molecule has 4 rings (SSSR count). The Morgan fingerprint density at radius 3 is 2.24 bits per heavy atom. The molecule has 3 fully saturated rings. The Morgan fingerprint density at radius 2 is 1.65 bits per heavy atom. The molecule has 2 N–H and O–H groups in total. The maximum atomic E-state index is 14.1. The predicted molar refractivity (Wildman–Crippen MR) is 120 cm³/mol. The third-order valence-electron chi connectivity index (χ3n) is 7.62. The van der Waals surface area contributed by atoms with Gasteiger partial charge in [0.05, 0.1) is 13.2 Å². The molecular formula is C23H32F3N3O4S. The summed E-state index contributed by atoms with van der Waals surface area (Å²) in [7, 11) is -3.88. The first-order valence-electron chi connectivity index (χ1n) is 11.7. The molecule has 34 heavy (non-hydrogen) atoms. The van der Waals surface area contributed by atoms with Crippen molar-refractivity contribution in [1.29, 1.82) is 0 Å². The molecule has 0 unspecified atom stereocenters. The van der Waals surface area contributed by atoms with E-state index in [-0.39, 0.29) is 43.1 Å². The fraction of sp³-hybridized carbons (Fsp3) is 0.696. The summed E-state index contributed by atoms with van der Waals surface area (Å²) in [5, 5.41) is 0. The lowest BCUT2D eigenvalue weighted by atomic mass is 9.82. The van der Waals surface area contributed by atoms with Crippen molar-refractivity contribution in [2.24, 2.45) is 11.7 Å². The minimum Gasteiger partial charge on any atom is -0.379 e. The van der Waals surface area contributed by atoms with E-state index < -0.39 is 44.2 Å². The van der Waals surface area contributed by atoms with Gasteiger partial charge in [-0.15, -0.1) is 0 Å². The molecule has 3 aliphatic heterocycles. The van der Waals surface area contributed by atoms with E-state index in [9.17, 15) is 26.4 Å². The van der Waals surface area contributed by atoms with Gasteiger partial charge < -0.3 is 15.4 Å². The molecule has 0 aliphatic carbocycles. The highest BCUT2D eigenvalue weighted by Crippen LogP contribution is 2.42. The number of carbonyl (C=O) groups is 1.